The average molecular weight is 245 g/mol. The maximum absolute atomic E-state index is 12.2. The molecule has 1 fully saturated rings. The molecule has 0 aromatic carbocycles. The minimum absolute atomic E-state index is 0.348. The van der Waals surface area contributed by atoms with Crippen molar-refractivity contribution in [3.63, 3.8) is 0 Å². The molecule has 0 spiro atoms. The van der Waals surface area contributed by atoms with Crippen molar-refractivity contribution < 1.29 is 13.2 Å². The number of aromatic nitrogens is 2. The Bertz CT molecular complexity index is 375. The van der Waals surface area contributed by atoms with Gasteiger partial charge in [-0.2, -0.15) is 13.2 Å². The first-order chi connectivity index (χ1) is 8.00. The lowest BCUT2D eigenvalue weighted by Crippen LogP contribution is -2.12. The molecule has 0 amide bonds. The number of nitrogens with one attached hydrogen (secondary N) is 1. The van der Waals surface area contributed by atoms with E-state index in [1.165, 1.54) is 6.07 Å². The molecule has 1 N–H and O–H groups in total. The van der Waals surface area contributed by atoms with Crippen LogP contribution in [0.5, 0.6) is 0 Å². The van der Waals surface area contributed by atoms with Gasteiger partial charge in [0.15, 0.2) is 5.69 Å². The van der Waals surface area contributed by atoms with Crippen LogP contribution in [0.1, 0.15) is 31.9 Å². The zero-order valence-corrected chi connectivity index (χ0v) is 9.46. The fourth-order valence-electron chi connectivity index (χ4n) is 1.86. The van der Waals surface area contributed by atoms with Crippen molar-refractivity contribution in [3.8, 4) is 0 Å². The van der Waals surface area contributed by atoms with E-state index in [0.717, 1.165) is 25.3 Å². The van der Waals surface area contributed by atoms with Crippen LogP contribution >= 0.6 is 0 Å². The van der Waals surface area contributed by atoms with E-state index in [1.54, 1.807) is 0 Å². The van der Waals surface area contributed by atoms with Crippen molar-refractivity contribution >= 4 is 5.82 Å². The smallest absolute Gasteiger partial charge is 0.366 e. The van der Waals surface area contributed by atoms with Gasteiger partial charge in [-0.1, -0.05) is 13.3 Å². The van der Waals surface area contributed by atoms with Gasteiger partial charge in [0.2, 0.25) is 0 Å². The van der Waals surface area contributed by atoms with Crippen LogP contribution in [-0.2, 0) is 6.18 Å². The molecule has 1 aliphatic rings. The van der Waals surface area contributed by atoms with Gasteiger partial charge in [0.1, 0.15) is 5.82 Å². The summed E-state index contributed by atoms with van der Waals surface area (Å²) < 4.78 is 36.7. The molecule has 17 heavy (non-hydrogen) atoms. The van der Waals surface area contributed by atoms with Crippen molar-refractivity contribution in [2.75, 3.05) is 5.32 Å². The fraction of sp³-hybridized carbons (Fsp3) is 0.636. The van der Waals surface area contributed by atoms with Crippen molar-refractivity contribution in [1.29, 1.82) is 0 Å². The predicted octanol–water partition coefficient (Wildman–Crippen LogP) is 3.10. The molecule has 1 aliphatic carbocycles. The van der Waals surface area contributed by atoms with Crippen LogP contribution < -0.4 is 5.32 Å². The molecule has 0 radical (unpaired) electrons. The van der Waals surface area contributed by atoms with Crippen LogP contribution in [0, 0.1) is 5.92 Å². The van der Waals surface area contributed by atoms with Crippen LogP contribution in [0.4, 0.5) is 19.0 Å². The quantitative estimate of drug-likeness (QED) is 0.885. The summed E-state index contributed by atoms with van der Waals surface area (Å²) >= 11 is 0. The second kappa shape index (κ2) is 4.50. The van der Waals surface area contributed by atoms with E-state index in [4.69, 9.17) is 0 Å². The molecular weight excluding hydrogens is 231 g/mol. The van der Waals surface area contributed by atoms with Crippen LogP contribution in [-0.4, -0.2) is 16.2 Å². The molecule has 3 nitrogen and oxygen atoms in total. The number of hydrogen-bond acceptors (Lipinski definition) is 3. The molecule has 94 valence electrons. The lowest BCUT2D eigenvalue weighted by atomic mass is 10.2. The highest BCUT2D eigenvalue weighted by Crippen LogP contribution is 2.37. The van der Waals surface area contributed by atoms with E-state index in [0.29, 0.717) is 17.8 Å². The second-order valence-corrected chi connectivity index (χ2v) is 4.34. The van der Waals surface area contributed by atoms with Gasteiger partial charge in [0.25, 0.3) is 0 Å². The van der Waals surface area contributed by atoms with E-state index in [1.807, 2.05) is 0 Å². The Balaban J connectivity index is 1.91. The van der Waals surface area contributed by atoms with E-state index in [9.17, 15) is 13.2 Å². The molecule has 1 aromatic rings. The van der Waals surface area contributed by atoms with Gasteiger partial charge in [-0.25, -0.2) is 0 Å². The molecule has 0 saturated heterocycles. The molecule has 1 heterocycles. The van der Waals surface area contributed by atoms with Crippen molar-refractivity contribution in [2.45, 2.75) is 38.4 Å². The maximum atomic E-state index is 12.2. The molecule has 6 heteroatoms. The largest absolute Gasteiger partial charge is 0.435 e. The Hall–Kier alpha value is -1.33. The van der Waals surface area contributed by atoms with Crippen LogP contribution in [0.15, 0.2) is 12.1 Å². The van der Waals surface area contributed by atoms with Gasteiger partial charge >= 0.3 is 6.18 Å². The van der Waals surface area contributed by atoms with Crippen molar-refractivity contribution in [3.05, 3.63) is 17.8 Å². The minimum Gasteiger partial charge on any atom is -0.366 e. The maximum Gasteiger partial charge on any atom is 0.435 e. The van der Waals surface area contributed by atoms with Gasteiger partial charge < -0.3 is 5.32 Å². The molecular formula is C11H14F3N3. The summed E-state index contributed by atoms with van der Waals surface area (Å²) in [6, 6.07) is 2.63. The highest BCUT2D eigenvalue weighted by Gasteiger charge is 2.37. The zero-order chi connectivity index (χ0) is 12.5. The SMILES string of the molecule is CCCC1CC1Nc1ccc(C(F)(F)F)nn1. The van der Waals surface area contributed by atoms with Crippen LogP contribution in [0.3, 0.4) is 0 Å². The van der Waals surface area contributed by atoms with Crippen LogP contribution in [0.2, 0.25) is 0 Å². The number of anilines is 1. The Kier molecular flexibility index (Phi) is 3.22. The molecule has 2 unspecified atom stereocenters. The number of halogens is 3. The summed E-state index contributed by atoms with van der Waals surface area (Å²) in [5, 5.41) is 9.79. The second-order valence-electron chi connectivity index (χ2n) is 4.34. The Labute approximate surface area is 97.4 Å². The fourth-order valence-corrected chi connectivity index (χ4v) is 1.86. The highest BCUT2D eigenvalue weighted by molar-refractivity contribution is 5.36. The Morgan fingerprint density at radius 2 is 2.12 bits per heavy atom. The standard InChI is InChI=1S/C11H14F3N3/c1-2-3-7-6-8(7)15-10-5-4-9(16-17-10)11(12,13)14/h4-5,7-8H,2-3,6H2,1H3,(H,15,17). The monoisotopic (exact) mass is 245 g/mol. The summed E-state index contributed by atoms with van der Waals surface area (Å²) in [6.45, 7) is 2.12. The molecule has 0 aliphatic heterocycles. The Morgan fingerprint density at radius 1 is 1.35 bits per heavy atom. The number of alkyl halides is 3. The first kappa shape index (κ1) is 12.1. The van der Waals surface area contributed by atoms with E-state index in [2.05, 4.69) is 22.4 Å². The van der Waals surface area contributed by atoms with Gasteiger partial charge in [0, 0.05) is 6.04 Å². The summed E-state index contributed by atoms with van der Waals surface area (Å²) in [6.07, 6.45) is -1.08. The van der Waals surface area contributed by atoms with Gasteiger partial charge in [-0.05, 0) is 30.9 Å². The normalized spacial score (nSPS) is 23.5. The minimum atomic E-state index is -4.42. The molecule has 2 atom stereocenters. The zero-order valence-electron chi connectivity index (χ0n) is 9.46. The summed E-state index contributed by atoms with van der Waals surface area (Å²) in [5.74, 6) is 1.05. The topological polar surface area (TPSA) is 37.8 Å². The average Bonchev–Trinajstić information content (AvgIpc) is 2.96. The summed E-state index contributed by atoms with van der Waals surface area (Å²) in [7, 11) is 0. The summed E-state index contributed by atoms with van der Waals surface area (Å²) in [4.78, 5) is 0. The molecule has 2 rings (SSSR count). The van der Waals surface area contributed by atoms with E-state index in [-0.39, 0.29) is 0 Å². The van der Waals surface area contributed by atoms with E-state index < -0.39 is 11.9 Å². The third-order valence-electron chi connectivity index (χ3n) is 2.87. The van der Waals surface area contributed by atoms with Gasteiger partial charge in [0.05, 0.1) is 0 Å². The first-order valence-corrected chi connectivity index (χ1v) is 5.68. The first-order valence-electron chi connectivity index (χ1n) is 5.68. The number of hydrogen-bond donors (Lipinski definition) is 1. The lowest BCUT2D eigenvalue weighted by Gasteiger charge is -2.06. The molecule has 1 saturated carbocycles. The number of rotatable bonds is 4. The predicted molar refractivity (Wildman–Crippen MR) is 57.5 cm³/mol. The molecule has 0 bridgehead atoms. The van der Waals surface area contributed by atoms with Crippen molar-refractivity contribution in [1.82, 2.24) is 10.2 Å². The van der Waals surface area contributed by atoms with Gasteiger partial charge in [-0.3, -0.25) is 0 Å². The summed E-state index contributed by atoms with van der Waals surface area (Å²) in [5.41, 5.74) is -0.955. The van der Waals surface area contributed by atoms with Crippen LogP contribution in [0.25, 0.3) is 0 Å². The third-order valence-corrected chi connectivity index (χ3v) is 2.87. The lowest BCUT2D eigenvalue weighted by molar-refractivity contribution is -0.141. The number of nitrogens with zero attached hydrogens (tertiary/aromatic N) is 2. The van der Waals surface area contributed by atoms with Gasteiger partial charge in [-0.15, -0.1) is 10.2 Å². The molecule has 1 aromatic heterocycles. The van der Waals surface area contributed by atoms with Crippen molar-refractivity contribution in [2.24, 2.45) is 5.92 Å². The Morgan fingerprint density at radius 3 is 2.65 bits per heavy atom. The highest BCUT2D eigenvalue weighted by atomic mass is 19.4. The third kappa shape index (κ3) is 3.08. The van der Waals surface area contributed by atoms with E-state index >= 15 is 0 Å².